The normalized spacial score (nSPS) is 32.5. The summed E-state index contributed by atoms with van der Waals surface area (Å²) in [6.07, 6.45) is 2.07. The van der Waals surface area contributed by atoms with E-state index in [1.165, 1.54) is 11.1 Å². The first-order chi connectivity index (χ1) is 9.61. The predicted molar refractivity (Wildman–Crippen MR) is 80.4 cm³/mol. The number of nitrogens with zero attached hydrogens (tertiary/aromatic N) is 1. The molecule has 108 valence electrons. The van der Waals surface area contributed by atoms with Gasteiger partial charge in [0.1, 0.15) is 0 Å². The molecule has 2 N–H and O–H groups in total. The second-order valence-electron chi connectivity index (χ2n) is 6.48. The fourth-order valence-corrected chi connectivity index (χ4v) is 3.65. The molecule has 1 aliphatic heterocycles. The van der Waals surface area contributed by atoms with Crippen molar-refractivity contribution < 1.29 is 4.79 Å². The fraction of sp³-hybridized carbons (Fsp3) is 0.588. The highest BCUT2D eigenvalue weighted by molar-refractivity contribution is 5.83. The first-order valence-corrected chi connectivity index (χ1v) is 7.68. The van der Waals surface area contributed by atoms with Crippen molar-refractivity contribution in [2.24, 2.45) is 17.6 Å². The van der Waals surface area contributed by atoms with E-state index in [0.29, 0.717) is 30.3 Å². The van der Waals surface area contributed by atoms with Gasteiger partial charge in [0, 0.05) is 18.5 Å². The van der Waals surface area contributed by atoms with Crippen LogP contribution in [0.3, 0.4) is 0 Å². The minimum Gasteiger partial charge on any atom is -0.339 e. The molecule has 1 aromatic rings. The van der Waals surface area contributed by atoms with Crippen LogP contribution in [0, 0.1) is 18.8 Å². The average Bonchev–Trinajstić information content (AvgIpc) is 3.14. The lowest BCUT2D eigenvalue weighted by Crippen LogP contribution is -2.35. The molecule has 0 bridgehead atoms. The van der Waals surface area contributed by atoms with E-state index in [4.69, 9.17) is 5.73 Å². The molecule has 1 aromatic carbocycles. The first kappa shape index (κ1) is 13.6. The zero-order chi connectivity index (χ0) is 14.3. The van der Waals surface area contributed by atoms with Crippen molar-refractivity contribution in [3.05, 3.63) is 35.4 Å². The smallest absolute Gasteiger partial charge is 0.226 e. The molecule has 3 nitrogen and oxygen atoms in total. The zero-order valence-corrected chi connectivity index (χ0v) is 12.4. The van der Waals surface area contributed by atoms with Crippen LogP contribution < -0.4 is 5.73 Å². The molecule has 1 aliphatic carbocycles. The Balaban J connectivity index is 1.68. The SMILES string of the molecule is Cc1ccccc1C1CC1C(=O)N1CC(CN)CC1C. The van der Waals surface area contributed by atoms with Crippen LogP contribution in [0.1, 0.15) is 36.8 Å². The van der Waals surface area contributed by atoms with Crippen molar-refractivity contribution in [2.75, 3.05) is 13.1 Å². The summed E-state index contributed by atoms with van der Waals surface area (Å²) in [5, 5.41) is 0. The number of carbonyl (C=O) groups excluding carboxylic acids is 1. The molecule has 1 saturated carbocycles. The van der Waals surface area contributed by atoms with Crippen molar-refractivity contribution in [1.82, 2.24) is 4.90 Å². The number of hydrogen-bond donors (Lipinski definition) is 1. The molecule has 2 fully saturated rings. The van der Waals surface area contributed by atoms with Crippen LogP contribution in [0.15, 0.2) is 24.3 Å². The summed E-state index contributed by atoms with van der Waals surface area (Å²) in [7, 11) is 0. The van der Waals surface area contributed by atoms with Crippen LogP contribution in [0.4, 0.5) is 0 Å². The van der Waals surface area contributed by atoms with Gasteiger partial charge in [0.2, 0.25) is 5.91 Å². The molecule has 3 rings (SSSR count). The van der Waals surface area contributed by atoms with Gasteiger partial charge in [-0.05, 0) is 56.2 Å². The maximum Gasteiger partial charge on any atom is 0.226 e. The van der Waals surface area contributed by atoms with E-state index in [1.807, 2.05) is 0 Å². The van der Waals surface area contributed by atoms with E-state index in [1.54, 1.807) is 0 Å². The van der Waals surface area contributed by atoms with Gasteiger partial charge in [-0.2, -0.15) is 0 Å². The number of aryl methyl sites for hydroxylation is 1. The maximum absolute atomic E-state index is 12.7. The van der Waals surface area contributed by atoms with Crippen molar-refractivity contribution in [1.29, 1.82) is 0 Å². The third-order valence-corrected chi connectivity index (χ3v) is 4.97. The van der Waals surface area contributed by atoms with Gasteiger partial charge in [0.05, 0.1) is 0 Å². The van der Waals surface area contributed by atoms with Gasteiger partial charge in [-0.3, -0.25) is 4.79 Å². The zero-order valence-electron chi connectivity index (χ0n) is 12.4. The highest BCUT2D eigenvalue weighted by Crippen LogP contribution is 2.50. The molecule has 1 saturated heterocycles. The highest BCUT2D eigenvalue weighted by Gasteiger charge is 2.48. The average molecular weight is 272 g/mol. The Hall–Kier alpha value is -1.35. The minimum absolute atomic E-state index is 0.204. The van der Waals surface area contributed by atoms with Crippen LogP contribution in [0.2, 0.25) is 0 Å². The lowest BCUT2D eigenvalue weighted by molar-refractivity contribution is -0.133. The van der Waals surface area contributed by atoms with Crippen LogP contribution in [0.25, 0.3) is 0 Å². The molecular formula is C17H24N2O. The Labute approximate surface area is 121 Å². The van der Waals surface area contributed by atoms with Gasteiger partial charge in [0.15, 0.2) is 0 Å². The van der Waals surface area contributed by atoms with Crippen LogP contribution in [-0.2, 0) is 4.79 Å². The number of hydrogen-bond acceptors (Lipinski definition) is 2. The summed E-state index contributed by atoms with van der Waals surface area (Å²) in [4.78, 5) is 14.7. The van der Waals surface area contributed by atoms with E-state index >= 15 is 0 Å². The molecule has 4 unspecified atom stereocenters. The van der Waals surface area contributed by atoms with Crippen molar-refractivity contribution in [2.45, 2.75) is 38.6 Å². The quantitative estimate of drug-likeness (QED) is 0.917. The molecule has 1 heterocycles. The Bertz CT molecular complexity index is 513. The number of carbonyl (C=O) groups is 1. The van der Waals surface area contributed by atoms with E-state index in [0.717, 1.165) is 19.4 Å². The van der Waals surface area contributed by atoms with Crippen LogP contribution >= 0.6 is 0 Å². The topological polar surface area (TPSA) is 46.3 Å². The Morgan fingerprint density at radius 1 is 1.35 bits per heavy atom. The molecule has 2 aliphatic rings. The molecule has 0 spiro atoms. The van der Waals surface area contributed by atoms with E-state index in [2.05, 4.69) is 43.0 Å². The van der Waals surface area contributed by atoms with E-state index < -0.39 is 0 Å². The van der Waals surface area contributed by atoms with Gasteiger partial charge in [-0.1, -0.05) is 24.3 Å². The molecule has 1 amide bonds. The van der Waals surface area contributed by atoms with E-state index in [9.17, 15) is 4.79 Å². The lowest BCUT2D eigenvalue weighted by Gasteiger charge is -2.22. The van der Waals surface area contributed by atoms with Gasteiger partial charge in [-0.25, -0.2) is 0 Å². The fourth-order valence-electron chi connectivity index (χ4n) is 3.65. The molecular weight excluding hydrogens is 248 g/mol. The third kappa shape index (κ3) is 2.35. The van der Waals surface area contributed by atoms with E-state index in [-0.39, 0.29) is 5.92 Å². The number of nitrogens with two attached hydrogens (primary N) is 1. The molecule has 20 heavy (non-hydrogen) atoms. The second kappa shape index (κ2) is 5.21. The monoisotopic (exact) mass is 272 g/mol. The Morgan fingerprint density at radius 2 is 2.10 bits per heavy atom. The molecule has 0 radical (unpaired) electrons. The van der Waals surface area contributed by atoms with Gasteiger partial charge in [-0.15, -0.1) is 0 Å². The summed E-state index contributed by atoms with van der Waals surface area (Å²) in [5.41, 5.74) is 8.41. The van der Waals surface area contributed by atoms with Gasteiger partial charge in [0.25, 0.3) is 0 Å². The summed E-state index contributed by atoms with van der Waals surface area (Å²) in [6, 6.07) is 8.80. The van der Waals surface area contributed by atoms with Crippen LogP contribution in [-0.4, -0.2) is 29.9 Å². The molecule has 3 heteroatoms. The summed E-state index contributed by atoms with van der Waals surface area (Å²) >= 11 is 0. The lowest BCUT2D eigenvalue weighted by atomic mass is 10.0. The number of benzene rings is 1. The molecule has 0 aromatic heterocycles. The number of amides is 1. The predicted octanol–water partition coefficient (Wildman–Crippen LogP) is 2.29. The first-order valence-electron chi connectivity index (χ1n) is 7.68. The van der Waals surface area contributed by atoms with Gasteiger partial charge >= 0.3 is 0 Å². The maximum atomic E-state index is 12.7. The summed E-state index contributed by atoms with van der Waals surface area (Å²) in [5.74, 6) is 1.48. The largest absolute Gasteiger partial charge is 0.339 e. The highest BCUT2D eigenvalue weighted by atomic mass is 16.2. The van der Waals surface area contributed by atoms with Crippen molar-refractivity contribution >= 4 is 5.91 Å². The van der Waals surface area contributed by atoms with Crippen LogP contribution in [0.5, 0.6) is 0 Å². The standard InChI is InChI=1S/C17H24N2O/c1-11-5-3-4-6-14(11)15-8-16(15)17(20)19-10-13(9-18)7-12(19)2/h3-6,12-13,15-16H,7-10,18H2,1-2H3. The molecule has 4 atom stereocenters. The van der Waals surface area contributed by atoms with Gasteiger partial charge < -0.3 is 10.6 Å². The Kier molecular flexibility index (Phi) is 3.55. The minimum atomic E-state index is 0.204. The number of likely N-dealkylation sites (tertiary alicyclic amines) is 1. The summed E-state index contributed by atoms with van der Waals surface area (Å²) in [6.45, 7) is 5.84. The third-order valence-electron chi connectivity index (χ3n) is 4.97. The van der Waals surface area contributed by atoms with Crippen molar-refractivity contribution in [3.8, 4) is 0 Å². The summed E-state index contributed by atoms with van der Waals surface area (Å²) < 4.78 is 0. The van der Waals surface area contributed by atoms with Crippen molar-refractivity contribution in [3.63, 3.8) is 0 Å². The Morgan fingerprint density at radius 3 is 2.75 bits per heavy atom. The second-order valence-corrected chi connectivity index (χ2v) is 6.48. The number of rotatable bonds is 3.